The molecule has 0 aliphatic heterocycles. The third-order valence-corrected chi connectivity index (χ3v) is 2.74. The van der Waals surface area contributed by atoms with Crippen LogP contribution >= 0.6 is 15.9 Å². The Bertz CT molecular complexity index is 514. The van der Waals surface area contributed by atoms with Gasteiger partial charge in [0, 0.05) is 21.9 Å². The monoisotopic (exact) mass is 279 g/mol. The van der Waals surface area contributed by atoms with Gasteiger partial charge in [-0.15, -0.1) is 0 Å². The molecule has 5 N–H and O–H groups in total. The molecule has 0 atom stereocenters. The maximum atomic E-state index is 5.53. The van der Waals surface area contributed by atoms with Crippen LogP contribution in [0, 0.1) is 0 Å². The number of hydrazine groups is 1. The van der Waals surface area contributed by atoms with Gasteiger partial charge in [-0.1, -0.05) is 15.9 Å². The van der Waals surface area contributed by atoms with Crippen LogP contribution in [-0.2, 0) is 0 Å². The molecule has 0 unspecified atom stereocenters. The summed E-state index contributed by atoms with van der Waals surface area (Å²) >= 11 is 3.45. The first-order chi connectivity index (χ1) is 7.70. The van der Waals surface area contributed by atoms with Crippen molar-refractivity contribution in [3.63, 3.8) is 0 Å². The van der Waals surface area contributed by atoms with E-state index in [1.165, 1.54) is 0 Å². The first-order valence-corrected chi connectivity index (χ1v) is 5.35. The second-order valence-electron chi connectivity index (χ2n) is 3.14. The fraction of sp³-hybridized carbons (Fsp3) is 0. The lowest BCUT2D eigenvalue weighted by atomic mass is 10.1. The summed E-state index contributed by atoms with van der Waals surface area (Å²) in [5, 5.41) is 0. The molecule has 1 aromatic carbocycles. The van der Waals surface area contributed by atoms with E-state index in [9.17, 15) is 0 Å². The minimum atomic E-state index is 0.255. The molecule has 6 heteroatoms. The summed E-state index contributed by atoms with van der Waals surface area (Å²) in [5.74, 6) is 5.57. The van der Waals surface area contributed by atoms with Crippen molar-refractivity contribution >= 4 is 27.6 Å². The normalized spacial score (nSPS) is 10.1. The van der Waals surface area contributed by atoms with Crippen molar-refractivity contribution in [3.8, 4) is 11.3 Å². The minimum absolute atomic E-state index is 0.255. The van der Waals surface area contributed by atoms with Crippen LogP contribution in [0.2, 0.25) is 0 Å². The zero-order valence-corrected chi connectivity index (χ0v) is 9.90. The Balaban J connectivity index is 2.48. The van der Waals surface area contributed by atoms with Crippen molar-refractivity contribution in [3.05, 3.63) is 34.9 Å². The molecule has 5 nitrogen and oxygen atoms in total. The van der Waals surface area contributed by atoms with Crippen LogP contribution in [0.15, 0.2) is 34.9 Å². The SMILES string of the molecule is NNc1ccc(-c2ccnc(N)n2)c(Br)c1. The number of nitrogens with one attached hydrogen (secondary N) is 1. The van der Waals surface area contributed by atoms with Crippen molar-refractivity contribution in [2.45, 2.75) is 0 Å². The molecule has 0 bridgehead atoms. The summed E-state index contributed by atoms with van der Waals surface area (Å²) in [4.78, 5) is 7.99. The maximum absolute atomic E-state index is 5.53. The summed E-state index contributed by atoms with van der Waals surface area (Å²) < 4.78 is 0.890. The fourth-order valence-electron chi connectivity index (χ4n) is 1.34. The van der Waals surface area contributed by atoms with Crippen LogP contribution in [-0.4, -0.2) is 9.97 Å². The third kappa shape index (κ3) is 2.12. The number of benzene rings is 1. The molecule has 1 heterocycles. The van der Waals surface area contributed by atoms with E-state index in [2.05, 4.69) is 31.3 Å². The topological polar surface area (TPSA) is 89.8 Å². The molecule has 2 rings (SSSR count). The van der Waals surface area contributed by atoms with Crippen LogP contribution in [0.4, 0.5) is 11.6 Å². The van der Waals surface area contributed by atoms with E-state index in [-0.39, 0.29) is 5.95 Å². The molecule has 2 aromatic rings. The van der Waals surface area contributed by atoms with Gasteiger partial charge in [0.2, 0.25) is 5.95 Å². The van der Waals surface area contributed by atoms with Gasteiger partial charge in [-0.3, -0.25) is 5.84 Å². The first kappa shape index (κ1) is 10.8. The zero-order chi connectivity index (χ0) is 11.5. The van der Waals surface area contributed by atoms with Crippen molar-refractivity contribution in [1.29, 1.82) is 0 Å². The summed E-state index contributed by atoms with van der Waals surface area (Å²) in [6.07, 6.45) is 1.62. The lowest BCUT2D eigenvalue weighted by molar-refractivity contribution is 1.19. The summed E-state index contributed by atoms with van der Waals surface area (Å²) in [6, 6.07) is 7.43. The zero-order valence-electron chi connectivity index (χ0n) is 8.31. The third-order valence-electron chi connectivity index (χ3n) is 2.09. The predicted octanol–water partition coefficient (Wildman–Crippen LogP) is 1.77. The quantitative estimate of drug-likeness (QED) is 0.576. The number of halogens is 1. The van der Waals surface area contributed by atoms with Crippen LogP contribution < -0.4 is 17.0 Å². The highest BCUT2D eigenvalue weighted by atomic mass is 79.9. The first-order valence-electron chi connectivity index (χ1n) is 4.56. The molecule has 0 radical (unpaired) electrons. The van der Waals surface area contributed by atoms with Crippen LogP contribution in [0.25, 0.3) is 11.3 Å². The molecule has 0 fully saturated rings. The average Bonchev–Trinajstić information content (AvgIpc) is 2.28. The number of nitrogen functional groups attached to an aromatic ring is 2. The number of rotatable bonds is 2. The lowest BCUT2D eigenvalue weighted by Gasteiger charge is -2.06. The average molecular weight is 280 g/mol. The molecule has 0 saturated carbocycles. The summed E-state index contributed by atoms with van der Waals surface area (Å²) in [7, 11) is 0. The Morgan fingerprint density at radius 3 is 2.69 bits per heavy atom. The molecular weight excluding hydrogens is 270 g/mol. The Morgan fingerprint density at radius 1 is 1.25 bits per heavy atom. The molecule has 1 aromatic heterocycles. The van der Waals surface area contributed by atoms with E-state index in [4.69, 9.17) is 11.6 Å². The standard InChI is InChI=1S/C10H10BrN5/c11-8-5-6(16-13)1-2-7(8)9-3-4-14-10(12)15-9/h1-5,16H,13H2,(H2,12,14,15). The van der Waals surface area contributed by atoms with E-state index in [0.717, 1.165) is 21.4 Å². The second-order valence-corrected chi connectivity index (χ2v) is 3.99. The van der Waals surface area contributed by atoms with E-state index in [1.807, 2.05) is 18.2 Å². The molecular formula is C10H10BrN5. The largest absolute Gasteiger partial charge is 0.368 e. The van der Waals surface area contributed by atoms with Gasteiger partial charge in [0.1, 0.15) is 0 Å². The Hall–Kier alpha value is -1.66. The van der Waals surface area contributed by atoms with E-state index in [1.54, 1.807) is 12.3 Å². The molecule has 0 aliphatic rings. The molecule has 16 heavy (non-hydrogen) atoms. The van der Waals surface area contributed by atoms with Gasteiger partial charge in [-0.05, 0) is 24.3 Å². The van der Waals surface area contributed by atoms with Gasteiger partial charge in [0.15, 0.2) is 0 Å². The van der Waals surface area contributed by atoms with Crippen molar-refractivity contribution in [2.75, 3.05) is 11.2 Å². The van der Waals surface area contributed by atoms with Crippen molar-refractivity contribution in [1.82, 2.24) is 9.97 Å². The summed E-state index contributed by atoms with van der Waals surface area (Å²) in [6.45, 7) is 0. The second kappa shape index (κ2) is 4.46. The number of nitrogens with zero attached hydrogens (tertiary/aromatic N) is 2. The summed E-state index contributed by atoms with van der Waals surface area (Å²) in [5.41, 5.74) is 10.6. The van der Waals surface area contributed by atoms with Crippen molar-refractivity contribution in [2.24, 2.45) is 5.84 Å². The number of hydrogen-bond donors (Lipinski definition) is 3. The van der Waals surface area contributed by atoms with Gasteiger partial charge in [0.25, 0.3) is 0 Å². The van der Waals surface area contributed by atoms with Crippen LogP contribution in [0.3, 0.4) is 0 Å². The fourth-order valence-corrected chi connectivity index (χ4v) is 1.92. The molecule has 0 saturated heterocycles. The number of aromatic nitrogens is 2. The van der Waals surface area contributed by atoms with Gasteiger partial charge < -0.3 is 11.2 Å². The number of hydrogen-bond acceptors (Lipinski definition) is 5. The Kier molecular flexibility index (Phi) is 3.02. The highest BCUT2D eigenvalue weighted by molar-refractivity contribution is 9.10. The van der Waals surface area contributed by atoms with Crippen LogP contribution in [0.5, 0.6) is 0 Å². The Morgan fingerprint density at radius 2 is 2.06 bits per heavy atom. The van der Waals surface area contributed by atoms with Gasteiger partial charge in [0.05, 0.1) is 5.69 Å². The van der Waals surface area contributed by atoms with E-state index in [0.29, 0.717) is 0 Å². The minimum Gasteiger partial charge on any atom is -0.368 e. The van der Waals surface area contributed by atoms with E-state index < -0.39 is 0 Å². The predicted molar refractivity (Wildman–Crippen MR) is 67.4 cm³/mol. The number of nitrogens with two attached hydrogens (primary N) is 2. The maximum Gasteiger partial charge on any atom is 0.220 e. The highest BCUT2D eigenvalue weighted by Gasteiger charge is 2.05. The van der Waals surface area contributed by atoms with Gasteiger partial charge in [-0.2, -0.15) is 0 Å². The lowest BCUT2D eigenvalue weighted by Crippen LogP contribution is -2.06. The molecule has 0 aliphatic carbocycles. The smallest absolute Gasteiger partial charge is 0.220 e. The molecule has 0 amide bonds. The van der Waals surface area contributed by atoms with Crippen molar-refractivity contribution < 1.29 is 0 Å². The molecule has 82 valence electrons. The Labute approximate surface area is 101 Å². The number of anilines is 2. The van der Waals surface area contributed by atoms with Crippen LogP contribution in [0.1, 0.15) is 0 Å². The van der Waals surface area contributed by atoms with E-state index >= 15 is 0 Å². The molecule has 0 spiro atoms. The highest BCUT2D eigenvalue weighted by Crippen LogP contribution is 2.29. The van der Waals surface area contributed by atoms with Gasteiger partial charge in [-0.25, -0.2) is 9.97 Å². The van der Waals surface area contributed by atoms with Gasteiger partial charge >= 0.3 is 0 Å².